The number of rotatable bonds is 3. The predicted octanol–water partition coefficient (Wildman–Crippen LogP) is 2.80. The number of anilines is 1. The van der Waals surface area contributed by atoms with E-state index in [1.165, 1.54) is 11.3 Å². The monoisotopic (exact) mass is 393 g/mol. The maximum absolute atomic E-state index is 12.6. The van der Waals surface area contributed by atoms with Crippen molar-refractivity contribution in [3.8, 4) is 10.6 Å². The summed E-state index contributed by atoms with van der Waals surface area (Å²) in [6.45, 7) is 3.60. The molecule has 26 heavy (non-hydrogen) atoms. The quantitative estimate of drug-likeness (QED) is 0.868. The summed E-state index contributed by atoms with van der Waals surface area (Å²) in [5.41, 5.74) is 0.881. The molecule has 0 radical (unpaired) electrons. The molecule has 9 heteroatoms. The van der Waals surface area contributed by atoms with E-state index in [-0.39, 0.29) is 18.2 Å². The molecule has 138 valence electrons. The lowest BCUT2D eigenvalue weighted by molar-refractivity contribution is -0.0878. The van der Waals surface area contributed by atoms with Crippen LogP contribution in [-0.2, 0) is 4.74 Å². The molecule has 7 nitrogen and oxygen atoms in total. The van der Waals surface area contributed by atoms with Gasteiger partial charge in [-0.2, -0.15) is 0 Å². The number of carbonyl (C=O) groups is 1. The van der Waals surface area contributed by atoms with Crippen LogP contribution in [0.5, 0.6) is 0 Å². The number of piperidine rings is 1. The number of carbonyl (C=O) groups excluding carboxylic acids is 1. The molecule has 0 spiro atoms. The molecule has 2 fully saturated rings. The standard InChI is InChI=1S/C17H20ClN5O2S/c1-22(13-5-6-23-7-8-25-14(13)10-23)17(24)19-16-21-20-15(26-16)11-3-2-4-12(18)9-11/h2-4,9,13-14H,5-8,10H2,1H3,(H,19,21,24). The van der Waals surface area contributed by atoms with E-state index >= 15 is 0 Å². The van der Waals surface area contributed by atoms with Gasteiger partial charge in [-0.25, -0.2) is 4.79 Å². The summed E-state index contributed by atoms with van der Waals surface area (Å²) < 4.78 is 5.85. The Bertz CT molecular complexity index is 801. The van der Waals surface area contributed by atoms with Crippen LogP contribution in [0.3, 0.4) is 0 Å². The second-order valence-electron chi connectivity index (χ2n) is 6.53. The zero-order valence-corrected chi connectivity index (χ0v) is 16.0. The van der Waals surface area contributed by atoms with Gasteiger partial charge in [0.2, 0.25) is 5.13 Å². The third-order valence-electron chi connectivity index (χ3n) is 4.88. The summed E-state index contributed by atoms with van der Waals surface area (Å²) in [4.78, 5) is 16.8. The van der Waals surface area contributed by atoms with Crippen LogP contribution in [0.2, 0.25) is 5.02 Å². The summed E-state index contributed by atoms with van der Waals surface area (Å²) in [5, 5.41) is 12.9. The molecule has 4 rings (SSSR count). The summed E-state index contributed by atoms with van der Waals surface area (Å²) in [7, 11) is 1.81. The maximum atomic E-state index is 12.6. The fraction of sp³-hybridized carbons (Fsp3) is 0.471. The Labute approximate surface area is 160 Å². The molecule has 2 bridgehead atoms. The van der Waals surface area contributed by atoms with E-state index in [2.05, 4.69) is 20.4 Å². The topological polar surface area (TPSA) is 70.6 Å². The van der Waals surface area contributed by atoms with Crippen molar-refractivity contribution in [2.45, 2.75) is 18.6 Å². The number of fused-ring (bicyclic) bond motifs is 2. The second kappa shape index (κ2) is 7.48. The van der Waals surface area contributed by atoms with E-state index in [0.717, 1.165) is 43.2 Å². The highest BCUT2D eigenvalue weighted by atomic mass is 35.5. The average molecular weight is 394 g/mol. The zero-order valence-electron chi connectivity index (χ0n) is 14.4. The highest BCUT2D eigenvalue weighted by Gasteiger charge is 2.37. The molecule has 2 aliphatic rings. The van der Waals surface area contributed by atoms with Gasteiger partial charge in [-0.15, -0.1) is 10.2 Å². The lowest BCUT2D eigenvalue weighted by Crippen LogP contribution is -2.59. The van der Waals surface area contributed by atoms with Crippen LogP contribution in [0.1, 0.15) is 6.42 Å². The van der Waals surface area contributed by atoms with Crippen LogP contribution in [-0.4, -0.2) is 71.5 Å². The number of hydrogen-bond acceptors (Lipinski definition) is 6. The van der Waals surface area contributed by atoms with Gasteiger partial charge in [0.25, 0.3) is 0 Å². The van der Waals surface area contributed by atoms with Crippen molar-refractivity contribution in [3.63, 3.8) is 0 Å². The highest BCUT2D eigenvalue weighted by molar-refractivity contribution is 7.18. The van der Waals surface area contributed by atoms with Gasteiger partial charge in [0.05, 0.1) is 18.8 Å². The Kier molecular flexibility index (Phi) is 5.08. The van der Waals surface area contributed by atoms with Crippen LogP contribution in [0.15, 0.2) is 24.3 Å². The largest absolute Gasteiger partial charge is 0.373 e. The Balaban J connectivity index is 1.41. The van der Waals surface area contributed by atoms with Gasteiger partial charge in [-0.3, -0.25) is 10.2 Å². The third kappa shape index (κ3) is 3.68. The number of aromatic nitrogens is 2. The Morgan fingerprint density at radius 1 is 1.42 bits per heavy atom. The van der Waals surface area contributed by atoms with Crippen LogP contribution < -0.4 is 5.32 Å². The van der Waals surface area contributed by atoms with Crippen molar-refractivity contribution in [3.05, 3.63) is 29.3 Å². The molecule has 2 aromatic rings. The SMILES string of the molecule is CN(C(=O)Nc1nnc(-c2cccc(Cl)c2)s1)C1CCN2CCOC1C2. The summed E-state index contributed by atoms with van der Waals surface area (Å²) in [6.07, 6.45) is 0.989. The molecule has 2 saturated heterocycles. The number of urea groups is 1. The van der Waals surface area contributed by atoms with E-state index in [9.17, 15) is 4.79 Å². The minimum Gasteiger partial charge on any atom is -0.373 e. The van der Waals surface area contributed by atoms with Gasteiger partial charge in [0.15, 0.2) is 0 Å². The number of likely N-dealkylation sites (N-methyl/N-ethyl adjacent to an activating group) is 1. The van der Waals surface area contributed by atoms with Gasteiger partial charge in [-0.1, -0.05) is 35.1 Å². The van der Waals surface area contributed by atoms with E-state index in [1.807, 2.05) is 31.3 Å². The Morgan fingerprint density at radius 2 is 2.31 bits per heavy atom. The number of morpholine rings is 1. The molecule has 2 amide bonds. The highest BCUT2D eigenvalue weighted by Crippen LogP contribution is 2.28. The number of halogens is 1. The summed E-state index contributed by atoms with van der Waals surface area (Å²) >= 11 is 7.35. The van der Waals surface area contributed by atoms with Crippen molar-refractivity contribution in [2.24, 2.45) is 0 Å². The average Bonchev–Trinajstić information content (AvgIpc) is 3.10. The van der Waals surface area contributed by atoms with E-state index in [4.69, 9.17) is 16.3 Å². The predicted molar refractivity (Wildman–Crippen MR) is 102 cm³/mol. The molecule has 3 unspecified atom stereocenters. The maximum Gasteiger partial charge on any atom is 0.323 e. The van der Waals surface area contributed by atoms with Crippen molar-refractivity contribution < 1.29 is 9.53 Å². The molecule has 0 saturated carbocycles. The fourth-order valence-corrected chi connectivity index (χ4v) is 4.37. The fourth-order valence-electron chi connectivity index (χ4n) is 3.45. The molecular formula is C17H20ClN5O2S. The molecule has 1 aromatic carbocycles. The Morgan fingerprint density at radius 3 is 3.15 bits per heavy atom. The van der Waals surface area contributed by atoms with E-state index in [0.29, 0.717) is 10.2 Å². The molecular weight excluding hydrogens is 374 g/mol. The first-order chi connectivity index (χ1) is 12.6. The van der Waals surface area contributed by atoms with Gasteiger partial charge < -0.3 is 9.64 Å². The van der Waals surface area contributed by atoms with Crippen molar-refractivity contribution in [1.29, 1.82) is 0 Å². The van der Waals surface area contributed by atoms with Crippen LogP contribution >= 0.6 is 22.9 Å². The number of ether oxygens (including phenoxy) is 1. The first kappa shape index (κ1) is 17.7. The van der Waals surface area contributed by atoms with Crippen LogP contribution in [0.4, 0.5) is 9.93 Å². The number of nitrogens with zero attached hydrogens (tertiary/aromatic N) is 4. The van der Waals surface area contributed by atoms with E-state index in [1.54, 1.807) is 4.90 Å². The zero-order chi connectivity index (χ0) is 18.1. The number of nitrogens with one attached hydrogen (secondary N) is 1. The molecule has 1 N–H and O–H groups in total. The number of benzene rings is 1. The lowest BCUT2D eigenvalue weighted by atomic mass is 9.99. The third-order valence-corrected chi connectivity index (χ3v) is 6.00. The van der Waals surface area contributed by atoms with Gasteiger partial charge in [0, 0.05) is 37.3 Å². The van der Waals surface area contributed by atoms with Gasteiger partial charge in [0.1, 0.15) is 5.01 Å². The molecule has 2 aliphatic heterocycles. The number of hydrogen-bond donors (Lipinski definition) is 1. The molecule has 0 aliphatic carbocycles. The Hall–Kier alpha value is -1.74. The van der Waals surface area contributed by atoms with Gasteiger partial charge in [-0.05, 0) is 18.6 Å². The normalized spacial score (nSPS) is 24.9. The lowest BCUT2D eigenvalue weighted by Gasteiger charge is -2.45. The minimum absolute atomic E-state index is 0.0738. The molecule has 3 atom stereocenters. The van der Waals surface area contributed by atoms with Crippen LogP contribution in [0, 0.1) is 0 Å². The minimum atomic E-state index is -0.189. The molecule has 3 heterocycles. The van der Waals surface area contributed by atoms with Crippen molar-refractivity contribution in [2.75, 3.05) is 38.6 Å². The second-order valence-corrected chi connectivity index (χ2v) is 7.94. The van der Waals surface area contributed by atoms with Crippen molar-refractivity contribution in [1.82, 2.24) is 20.0 Å². The van der Waals surface area contributed by atoms with Gasteiger partial charge >= 0.3 is 6.03 Å². The van der Waals surface area contributed by atoms with Crippen molar-refractivity contribution >= 4 is 34.1 Å². The smallest absolute Gasteiger partial charge is 0.323 e. The first-order valence-electron chi connectivity index (χ1n) is 8.57. The van der Waals surface area contributed by atoms with Crippen LogP contribution in [0.25, 0.3) is 10.6 Å². The number of amides is 2. The molecule has 1 aromatic heterocycles. The summed E-state index contributed by atoms with van der Waals surface area (Å²) in [6, 6.07) is 7.30. The summed E-state index contributed by atoms with van der Waals surface area (Å²) in [5.74, 6) is 0. The van der Waals surface area contributed by atoms with E-state index < -0.39 is 0 Å². The first-order valence-corrected chi connectivity index (χ1v) is 9.77.